The largest absolute Gasteiger partial charge is 0.372 e. The Hall–Kier alpha value is -1.85. The van der Waals surface area contributed by atoms with E-state index >= 15 is 0 Å². The van der Waals surface area contributed by atoms with Gasteiger partial charge in [0.25, 0.3) is 0 Å². The van der Waals surface area contributed by atoms with Gasteiger partial charge >= 0.3 is 0 Å². The van der Waals surface area contributed by atoms with Crippen LogP contribution in [-0.2, 0) is 11.3 Å². The Labute approximate surface area is 141 Å². The summed E-state index contributed by atoms with van der Waals surface area (Å²) in [6, 6.07) is 10.3. The molecule has 3 rings (SSSR count). The maximum atomic E-state index is 12.1. The van der Waals surface area contributed by atoms with E-state index in [4.69, 9.17) is 0 Å². The standard InChI is InChI=1S/C18H23N3OS/c1-20(12-15-8-11-23-14-15)13-18(22)19-16-4-6-17(7-5-16)21-9-2-3-10-21/h4-8,11,14H,2-3,9-10,12-13H2,1H3,(H,19,22). The number of rotatable bonds is 6. The first-order valence-corrected chi connectivity index (χ1v) is 8.99. The van der Waals surface area contributed by atoms with Gasteiger partial charge in [0.05, 0.1) is 6.54 Å². The third-order valence-electron chi connectivity index (χ3n) is 4.07. The molecule has 0 unspecified atom stereocenters. The van der Waals surface area contributed by atoms with Gasteiger partial charge in [0, 0.05) is 31.0 Å². The zero-order valence-corrected chi connectivity index (χ0v) is 14.3. The minimum absolute atomic E-state index is 0.0247. The van der Waals surface area contributed by atoms with Gasteiger partial charge in [-0.3, -0.25) is 9.69 Å². The third kappa shape index (κ3) is 4.56. The third-order valence-corrected chi connectivity index (χ3v) is 4.80. The molecular weight excluding hydrogens is 306 g/mol. The van der Waals surface area contributed by atoms with Gasteiger partial charge in [0.15, 0.2) is 0 Å². The second-order valence-corrected chi connectivity index (χ2v) is 6.87. The maximum absolute atomic E-state index is 12.1. The molecule has 1 fully saturated rings. The Morgan fingerprint density at radius 3 is 2.61 bits per heavy atom. The van der Waals surface area contributed by atoms with Crippen LogP contribution in [0.25, 0.3) is 0 Å². The molecule has 2 heterocycles. The highest BCUT2D eigenvalue weighted by Crippen LogP contribution is 2.22. The first kappa shape index (κ1) is 16.0. The summed E-state index contributed by atoms with van der Waals surface area (Å²) >= 11 is 1.68. The van der Waals surface area contributed by atoms with Crippen LogP contribution >= 0.6 is 11.3 Å². The van der Waals surface area contributed by atoms with E-state index in [0.29, 0.717) is 6.54 Å². The Kier molecular flexibility index (Phi) is 5.31. The summed E-state index contributed by atoms with van der Waals surface area (Å²) in [5.41, 5.74) is 3.36. The number of benzene rings is 1. The number of carbonyl (C=O) groups is 1. The van der Waals surface area contributed by atoms with Crippen LogP contribution in [0.5, 0.6) is 0 Å². The average molecular weight is 329 g/mol. The van der Waals surface area contributed by atoms with Crippen molar-refractivity contribution in [2.24, 2.45) is 0 Å². The molecule has 0 atom stereocenters. The first-order valence-electron chi connectivity index (χ1n) is 8.05. The minimum atomic E-state index is 0.0247. The Balaban J connectivity index is 1.49. The molecular formula is C18H23N3OS. The summed E-state index contributed by atoms with van der Waals surface area (Å²) in [6.07, 6.45) is 2.55. The number of carbonyl (C=O) groups excluding carboxylic acids is 1. The highest BCUT2D eigenvalue weighted by Gasteiger charge is 2.12. The Bertz CT molecular complexity index is 618. The lowest BCUT2D eigenvalue weighted by Crippen LogP contribution is -2.29. The summed E-state index contributed by atoms with van der Waals surface area (Å²) in [7, 11) is 1.97. The summed E-state index contributed by atoms with van der Waals surface area (Å²) in [5, 5.41) is 7.15. The number of nitrogens with one attached hydrogen (secondary N) is 1. The number of anilines is 2. The van der Waals surface area contributed by atoms with Crippen LogP contribution in [0.1, 0.15) is 18.4 Å². The SMILES string of the molecule is CN(CC(=O)Nc1ccc(N2CCCC2)cc1)Cc1ccsc1. The smallest absolute Gasteiger partial charge is 0.238 e. The number of thiophene rings is 1. The summed E-state index contributed by atoms with van der Waals surface area (Å²) < 4.78 is 0. The monoisotopic (exact) mass is 329 g/mol. The molecule has 4 nitrogen and oxygen atoms in total. The lowest BCUT2D eigenvalue weighted by atomic mass is 10.2. The molecule has 0 radical (unpaired) electrons. The van der Waals surface area contributed by atoms with Crippen molar-refractivity contribution in [2.75, 3.05) is 36.9 Å². The van der Waals surface area contributed by atoms with Crippen molar-refractivity contribution in [2.45, 2.75) is 19.4 Å². The van der Waals surface area contributed by atoms with Gasteiger partial charge in [-0.05, 0) is 66.5 Å². The predicted octanol–water partition coefficient (Wildman–Crippen LogP) is 3.42. The lowest BCUT2D eigenvalue weighted by molar-refractivity contribution is -0.117. The molecule has 0 spiro atoms. The van der Waals surface area contributed by atoms with Crippen LogP contribution in [0.3, 0.4) is 0 Å². The molecule has 1 aromatic heterocycles. The van der Waals surface area contributed by atoms with Gasteiger partial charge in [-0.25, -0.2) is 0 Å². The Morgan fingerprint density at radius 1 is 1.22 bits per heavy atom. The fourth-order valence-electron chi connectivity index (χ4n) is 2.93. The van der Waals surface area contributed by atoms with Gasteiger partial charge in [0.2, 0.25) is 5.91 Å². The zero-order chi connectivity index (χ0) is 16.1. The van der Waals surface area contributed by atoms with Crippen LogP contribution in [-0.4, -0.2) is 37.5 Å². The van der Waals surface area contributed by atoms with Crippen LogP contribution in [0, 0.1) is 0 Å². The second-order valence-electron chi connectivity index (χ2n) is 6.09. The molecule has 0 aliphatic carbocycles. The molecule has 1 N–H and O–H groups in total. The second kappa shape index (κ2) is 7.62. The van der Waals surface area contributed by atoms with Gasteiger partial charge in [-0.15, -0.1) is 0 Å². The van der Waals surface area contributed by atoms with E-state index in [1.54, 1.807) is 11.3 Å². The molecule has 1 aromatic carbocycles. The van der Waals surface area contributed by atoms with Crippen molar-refractivity contribution in [3.63, 3.8) is 0 Å². The van der Waals surface area contributed by atoms with Crippen LogP contribution in [0.4, 0.5) is 11.4 Å². The summed E-state index contributed by atoms with van der Waals surface area (Å²) in [5.74, 6) is 0.0247. The predicted molar refractivity (Wildman–Crippen MR) is 97.2 cm³/mol. The summed E-state index contributed by atoms with van der Waals surface area (Å²) in [4.78, 5) is 16.5. The van der Waals surface area contributed by atoms with Crippen LogP contribution in [0.15, 0.2) is 41.1 Å². The van der Waals surface area contributed by atoms with Crippen molar-refractivity contribution >= 4 is 28.6 Å². The maximum Gasteiger partial charge on any atom is 0.238 e. The van der Waals surface area contributed by atoms with Gasteiger partial charge in [-0.1, -0.05) is 0 Å². The van der Waals surface area contributed by atoms with E-state index in [-0.39, 0.29) is 5.91 Å². The lowest BCUT2D eigenvalue weighted by Gasteiger charge is -2.18. The molecule has 23 heavy (non-hydrogen) atoms. The number of hydrogen-bond acceptors (Lipinski definition) is 4. The van der Waals surface area contributed by atoms with Gasteiger partial charge in [0.1, 0.15) is 0 Å². The molecule has 1 saturated heterocycles. The van der Waals surface area contributed by atoms with E-state index in [1.807, 2.05) is 24.1 Å². The van der Waals surface area contributed by atoms with E-state index in [0.717, 1.165) is 25.3 Å². The van der Waals surface area contributed by atoms with Crippen LogP contribution < -0.4 is 10.2 Å². The zero-order valence-electron chi connectivity index (χ0n) is 13.5. The normalized spacial score (nSPS) is 14.4. The molecule has 0 bridgehead atoms. The van der Waals surface area contributed by atoms with E-state index in [1.165, 1.54) is 24.1 Å². The molecule has 0 saturated carbocycles. The molecule has 1 aliphatic heterocycles. The first-order chi connectivity index (χ1) is 11.2. The minimum Gasteiger partial charge on any atom is -0.372 e. The summed E-state index contributed by atoms with van der Waals surface area (Å²) in [6.45, 7) is 3.46. The fraction of sp³-hybridized carbons (Fsp3) is 0.389. The van der Waals surface area contributed by atoms with E-state index in [2.05, 4.69) is 39.2 Å². The van der Waals surface area contributed by atoms with Crippen molar-refractivity contribution in [3.05, 3.63) is 46.7 Å². The fourth-order valence-corrected chi connectivity index (χ4v) is 3.59. The van der Waals surface area contributed by atoms with E-state index in [9.17, 15) is 4.79 Å². The van der Waals surface area contributed by atoms with Gasteiger partial charge in [-0.2, -0.15) is 11.3 Å². The van der Waals surface area contributed by atoms with Crippen molar-refractivity contribution in [1.29, 1.82) is 0 Å². The van der Waals surface area contributed by atoms with Gasteiger partial charge < -0.3 is 10.2 Å². The number of likely N-dealkylation sites (N-methyl/N-ethyl adjacent to an activating group) is 1. The number of amides is 1. The highest BCUT2D eigenvalue weighted by atomic mass is 32.1. The number of hydrogen-bond donors (Lipinski definition) is 1. The van der Waals surface area contributed by atoms with Crippen molar-refractivity contribution in [3.8, 4) is 0 Å². The molecule has 1 amide bonds. The molecule has 1 aliphatic rings. The average Bonchev–Trinajstić information content (AvgIpc) is 3.20. The highest BCUT2D eigenvalue weighted by molar-refractivity contribution is 7.07. The molecule has 2 aromatic rings. The van der Waals surface area contributed by atoms with Crippen LogP contribution in [0.2, 0.25) is 0 Å². The quantitative estimate of drug-likeness (QED) is 0.882. The molecule has 122 valence electrons. The van der Waals surface area contributed by atoms with E-state index < -0.39 is 0 Å². The van der Waals surface area contributed by atoms with Crippen molar-refractivity contribution < 1.29 is 4.79 Å². The Morgan fingerprint density at radius 2 is 1.96 bits per heavy atom. The number of nitrogens with zero attached hydrogens (tertiary/aromatic N) is 2. The molecule has 5 heteroatoms. The van der Waals surface area contributed by atoms with Crippen molar-refractivity contribution in [1.82, 2.24) is 4.90 Å². The topological polar surface area (TPSA) is 35.6 Å².